The van der Waals surface area contributed by atoms with Gasteiger partial charge in [0.1, 0.15) is 5.75 Å². The lowest BCUT2D eigenvalue weighted by molar-refractivity contribution is 0.247. The Labute approximate surface area is 182 Å². The number of pyridine rings is 1. The molecule has 3 aromatic rings. The summed E-state index contributed by atoms with van der Waals surface area (Å²) in [5.74, 6) is 0.654. The monoisotopic (exact) mass is 440 g/mol. The number of benzene rings is 2. The minimum Gasteiger partial charge on any atom is -0.497 e. The van der Waals surface area contributed by atoms with Crippen LogP contribution in [0.4, 0.5) is 0 Å². The molecule has 1 N–H and O–H groups in total. The van der Waals surface area contributed by atoms with Crippen LogP contribution in [0.2, 0.25) is 0 Å². The molecule has 0 unspecified atom stereocenters. The van der Waals surface area contributed by atoms with E-state index < -0.39 is 10.0 Å². The first-order valence-electron chi connectivity index (χ1n) is 10.7. The maximum Gasteiger partial charge on any atom is 0.252 e. The molecule has 1 aromatic heterocycles. The molecule has 164 valence electrons. The van der Waals surface area contributed by atoms with Gasteiger partial charge in [0, 0.05) is 24.2 Å². The molecule has 0 bridgehead atoms. The van der Waals surface area contributed by atoms with E-state index in [9.17, 15) is 13.2 Å². The Balaban J connectivity index is 1.75. The molecule has 6 nitrogen and oxygen atoms in total. The van der Waals surface area contributed by atoms with Crippen molar-refractivity contribution >= 4 is 20.9 Å². The first-order chi connectivity index (χ1) is 14.9. The van der Waals surface area contributed by atoms with E-state index in [2.05, 4.69) is 4.98 Å². The lowest BCUT2D eigenvalue weighted by Crippen LogP contribution is -2.42. The molecule has 0 saturated heterocycles. The van der Waals surface area contributed by atoms with Crippen LogP contribution in [0.15, 0.2) is 58.2 Å². The van der Waals surface area contributed by atoms with Crippen LogP contribution in [-0.2, 0) is 16.6 Å². The highest BCUT2D eigenvalue weighted by molar-refractivity contribution is 7.89. The van der Waals surface area contributed by atoms with E-state index in [1.54, 1.807) is 31.4 Å². The van der Waals surface area contributed by atoms with E-state index >= 15 is 0 Å². The largest absolute Gasteiger partial charge is 0.497 e. The van der Waals surface area contributed by atoms with Crippen LogP contribution in [0.25, 0.3) is 10.9 Å². The molecule has 0 amide bonds. The van der Waals surface area contributed by atoms with Gasteiger partial charge in [0.2, 0.25) is 10.0 Å². The quantitative estimate of drug-likeness (QED) is 0.617. The first-order valence-corrected chi connectivity index (χ1v) is 12.1. The van der Waals surface area contributed by atoms with Gasteiger partial charge in [-0.3, -0.25) is 4.79 Å². The summed E-state index contributed by atoms with van der Waals surface area (Å²) >= 11 is 0. The summed E-state index contributed by atoms with van der Waals surface area (Å²) in [7, 11) is -2.16. The van der Waals surface area contributed by atoms with E-state index in [-0.39, 0.29) is 23.0 Å². The minimum atomic E-state index is -3.74. The van der Waals surface area contributed by atoms with Gasteiger partial charge in [0.05, 0.1) is 17.5 Å². The van der Waals surface area contributed by atoms with E-state index in [1.807, 2.05) is 31.2 Å². The van der Waals surface area contributed by atoms with Gasteiger partial charge in [-0.1, -0.05) is 37.0 Å². The van der Waals surface area contributed by atoms with Crippen molar-refractivity contribution in [3.05, 3.63) is 70.0 Å². The minimum absolute atomic E-state index is 0.0537. The van der Waals surface area contributed by atoms with Crippen LogP contribution in [0.5, 0.6) is 5.75 Å². The van der Waals surface area contributed by atoms with Crippen LogP contribution >= 0.6 is 0 Å². The second kappa shape index (κ2) is 8.85. The molecule has 31 heavy (non-hydrogen) atoms. The maximum absolute atomic E-state index is 13.6. The van der Waals surface area contributed by atoms with Gasteiger partial charge in [-0.2, -0.15) is 4.31 Å². The van der Waals surface area contributed by atoms with Crippen LogP contribution in [-0.4, -0.2) is 30.9 Å². The van der Waals surface area contributed by atoms with Gasteiger partial charge in [0.15, 0.2) is 0 Å². The van der Waals surface area contributed by atoms with Crippen molar-refractivity contribution < 1.29 is 13.2 Å². The number of nitrogens with zero attached hydrogens (tertiary/aromatic N) is 1. The molecule has 1 saturated carbocycles. The third-order valence-corrected chi connectivity index (χ3v) is 7.98. The first kappa shape index (κ1) is 21.6. The van der Waals surface area contributed by atoms with E-state index in [1.165, 1.54) is 4.31 Å². The zero-order chi connectivity index (χ0) is 22.0. The molecule has 1 fully saturated rings. The Morgan fingerprint density at radius 3 is 2.42 bits per heavy atom. The average Bonchev–Trinajstić information content (AvgIpc) is 2.78. The Morgan fingerprint density at radius 2 is 1.74 bits per heavy atom. The number of hydrogen-bond donors (Lipinski definition) is 1. The predicted octanol–water partition coefficient (Wildman–Crippen LogP) is 4.37. The van der Waals surface area contributed by atoms with E-state index in [0.29, 0.717) is 16.8 Å². The SMILES string of the molecule is COc1ccc2cc(CN(C3CCCCC3)S(=O)(=O)c3ccc(C)cc3)c(=O)[nH]c2c1. The van der Waals surface area contributed by atoms with Crippen molar-refractivity contribution in [2.45, 2.75) is 56.5 Å². The fraction of sp³-hybridized carbons (Fsp3) is 0.375. The Hall–Kier alpha value is -2.64. The summed E-state index contributed by atoms with van der Waals surface area (Å²) in [6.45, 7) is 1.98. The highest BCUT2D eigenvalue weighted by Gasteiger charge is 2.33. The molecule has 7 heteroatoms. The number of ether oxygens (including phenoxy) is 1. The third-order valence-electron chi connectivity index (χ3n) is 6.07. The number of aromatic amines is 1. The summed E-state index contributed by atoms with van der Waals surface area (Å²) in [5, 5.41) is 0.840. The smallest absolute Gasteiger partial charge is 0.252 e. The van der Waals surface area contributed by atoms with Crippen molar-refractivity contribution in [2.24, 2.45) is 0 Å². The molecule has 1 heterocycles. The number of fused-ring (bicyclic) bond motifs is 1. The molecular formula is C24H28N2O4S. The summed E-state index contributed by atoms with van der Waals surface area (Å²) in [6, 6.07) is 14.1. The van der Waals surface area contributed by atoms with Crippen LogP contribution in [0, 0.1) is 6.92 Å². The molecule has 0 atom stereocenters. The van der Waals surface area contributed by atoms with Gasteiger partial charge in [-0.05, 0) is 55.5 Å². The number of rotatable bonds is 6. The summed E-state index contributed by atoms with van der Waals surface area (Å²) in [5.41, 5.74) is 1.84. The molecular weight excluding hydrogens is 412 g/mol. The molecule has 2 aromatic carbocycles. The number of methoxy groups -OCH3 is 1. The van der Waals surface area contributed by atoms with Crippen molar-refractivity contribution in [1.82, 2.24) is 9.29 Å². The normalized spacial score (nSPS) is 15.5. The molecule has 4 rings (SSSR count). The fourth-order valence-electron chi connectivity index (χ4n) is 4.26. The zero-order valence-corrected chi connectivity index (χ0v) is 18.7. The van der Waals surface area contributed by atoms with Gasteiger partial charge in [-0.15, -0.1) is 0 Å². The Morgan fingerprint density at radius 1 is 1.03 bits per heavy atom. The summed E-state index contributed by atoms with van der Waals surface area (Å²) in [4.78, 5) is 16.0. The van der Waals surface area contributed by atoms with Crippen molar-refractivity contribution in [3.63, 3.8) is 0 Å². The van der Waals surface area contributed by atoms with Gasteiger partial charge in [-0.25, -0.2) is 8.42 Å². The van der Waals surface area contributed by atoms with Gasteiger partial charge in [0.25, 0.3) is 5.56 Å². The van der Waals surface area contributed by atoms with Crippen LogP contribution < -0.4 is 10.3 Å². The average molecular weight is 441 g/mol. The van der Waals surface area contributed by atoms with Crippen molar-refractivity contribution in [3.8, 4) is 5.75 Å². The highest BCUT2D eigenvalue weighted by Crippen LogP contribution is 2.30. The van der Waals surface area contributed by atoms with Crippen molar-refractivity contribution in [2.75, 3.05) is 7.11 Å². The number of hydrogen-bond acceptors (Lipinski definition) is 4. The molecule has 0 aliphatic heterocycles. The molecule has 1 aliphatic rings. The number of aromatic nitrogens is 1. The topological polar surface area (TPSA) is 79.5 Å². The Kier molecular flexibility index (Phi) is 6.16. The summed E-state index contributed by atoms with van der Waals surface area (Å²) < 4.78 is 34.0. The predicted molar refractivity (Wildman–Crippen MR) is 122 cm³/mol. The van der Waals surface area contributed by atoms with Crippen molar-refractivity contribution in [1.29, 1.82) is 0 Å². The van der Waals surface area contributed by atoms with Crippen LogP contribution in [0.3, 0.4) is 0 Å². The third kappa shape index (κ3) is 4.52. The maximum atomic E-state index is 13.6. The van der Waals surface area contributed by atoms with E-state index in [0.717, 1.165) is 43.1 Å². The lowest BCUT2D eigenvalue weighted by atomic mass is 9.95. The molecule has 0 spiro atoms. The number of nitrogens with one attached hydrogen (secondary N) is 1. The second-order valence-electron chi connectivity index (χ2n) is 8.23. The Bertz CT molecular complexity index is 1230. The number of H-pyrrole nitrogens is 1. The number of aryl methyl sites for hydroxylation is 1. The van der Waals surface area contributed by atoms with Gasteiger partial charge < -0.3 is 9.72 Å². The van der Waals surface area contributed by atoms with E-state index in [4.69, 9.17) is 4.74 Å². The van der Waals surface area contributed by atoms with Gasteiger partial charge >= 0.3 is 0 Å². The summed E-state index contributed by atoms with van der Waals surface area (Å²) in [6.07, 6.45) is 4.74. The molecule has 0 radical (unpaired) electrons. The lowest BCUT2D eigenvalue weighted by Gasteiger charge is -2.33. The van der Waals surface area contributed by atoms with Crippen LogP contribution in [0.1, 0.15) is 43.2 Å². The second-order valence-corrected chi connectivity index (χ2v) is 10.1. The number of sulfonamides is 1. The zero-order valence-electron chi connectivity index (χ0n) is 17.9. The molecule has 1 aliphatic carbocycles. The highest BCUT2D eigenvalue weighted by atomic mass is 32.2. The fourth-order valence-corrected chi connectivity index (χ4v) is 5.93. The standard InChI is InChI=1S/C24H28N2O4S/c1-17-8-12-22(13-9-17)31(28,29)26(20-6-4-3-5-7-20)16-19-14-18-10-11-21(30-2)15-23(18)25-24(19)27/h8-15,20H,3-7,16H2,1-2H3,(H,25,27).